The van der Waals surface area contributed by atoms with Gasteiger partial charge in [0.05, 0.1) is 49.0 Å². The number of imidazole rings is 2. The number of aromatic nitrogens is 10. The van der Waals surface area contributed by atoms with Gasteiger partial charge < -0.3 is 62.9 Å². The van der Waals surface area contributed by atoms with Crippen LogP contribution in [0.25, 0.3) is 11.9 Å². The van der Waals surface area contributed by atoms with Crippen LogP contribution < -0.4 is 52.2 Å². The lowest BCUT2D eigenvalue weighted by atomic mass is 9.84. The number of β-lactam (4-membered cyclic amide) rings is 2. The van der Waals surface area contributed by atoms with Gasteiger partial charge in [0.25, 0.3) is 48.5 Å². The molecule has 2 saturated heterocycles. The van der Waals surface area contributed by atoms with Crippen LogP contribution in [0.2, 0.25) is 0 Å². The molecule has 6 aromatic rings. The Bertz CT molecular complexity index is 3380. The summed E-state index contributed by atoms with van der Waals surface area (Å²) in [6.07, 6.45) is 13.7. The number of hydrogen-bond donors (Lipinski definition) is 8. The zero-order valence-electron chi connectivity index (χ0n) is 45.3. The number of anilines is 2. The molecular weight excluding hydrogens is 1180 g/mol. The Morgan fingerprint density at radius 2 is 1.06 bits per heavy atom. The van der Waals surface area contributed by atoms with Crippen molar-refractivity contribution in [3.63, 3.8) is 0 Å². The Labute approximate surface area is 488 Å². The first-order valence-corrected chi connectivity index (χ1v) is 28.2. The Kier molecular flexibility index (Phi) is 18.9. The molecule has 2 aliphatic heterocycles. The van der Waals surface area contributed by atoms with Crippen molar-refractivity contribution in [3.05, 3.63) is 84.4 Å². The van der Waals surface area contributed by atoms with E-state index in [1.165, 1.54) is 63.2 Å². The third-order valence-electron chi connectivity index (χ3n) is 12.4. The van der Waals surface area contributed by atoms with Gasteiger partial charge in [0, 0.05) is 10.8 Å². The number of amides is 4. The Morgan fingerprint density at radius 1 is 0.682 bits per heavy atom. The van der Waals surface area contributed by atoms with E-state index in [2.05, 4.69) is 50.8 Å². The van der Waals surface area contributed by atoms with Crippen molar-refractivity contribution in [2.75, 3.05) is 37.8 Å². The van der Waals surface area contributed by atoms with Gasteiger partial charge in [-0.3, -0.25) is 19.2 Å². The second kappa shape index (κ2) is 26.0. The largest absolute Gasteiger partial charge is 0.486 e. The average molecular weight is 1240 g/mol. The summed E-state index contributed by atoms with van der Waals surface area (Å²) in [5.41, 5.74) is 17.7. The van der Waals surface area contributed by atoms with Crippen LogP contribution in [-0.2, 0) is 70.5 Å². The Hall–Kier alpha value is -9.41. The van der Waals surface area contributed by atoms with E-state index in [1.807, 2.05) is 21.5 Å². The maximum absolute atomic E-state index is 13.8. The van der Waals surface area contributed by atoms with Gasteiger partial charge in [0.15, 0.2) is 33.2 Å². The lowest BCUT2D eigenvalue weighted by Crippen LogP contribution is -2.78. The number of hydrogen-bond acceptors (Lipinski definition) is 28. The monoisotopic (exact) mass is 1240 g/mol. The number of aliphatic carboxylic acids is 2. The molecule has 2 aliphatic rings. The van der Waals surface area contributed by atoms with Crippen LogP contribution in [0.3, 0.4) is 0 Å². The number of ether oxygens (including phenoxy) is 2. The number of carbonyl (C=O) groups excluding carboxylic acids is 4. The van der Waals surface area contributed by atoms with E-state index in [0.29, 0.717) is 48.2 Å². The summed E-state index contributed by atoms with van der Waals surface area (Å²) < 4.78 is 55.0. The van der Waals surface area contributed by atoms with E-state index in [-0.39, 0.29) is 33.1 Å². The minimum atomic E-state index is -5.37. The molecule has 0 radical (unpaired) electrons. The molecule has 36 nitrogen and oxygen atoms in total. The molecule has 4 atom stereocenters. The van der Waals surface area contributed by atoms with Crippen LogP contribution in [0.1, 0.15) is 51.9 Å². The van der Waals surface area contributed by atoms with Crippen molar-refractivity contribution in [1.82, 2.24) is 59.8 Å². The molecule has 0 bridgehead atoms. The van der Waals surface area contributed by atoms with E-state index in [9.17, 15) is 47.4 Å². The molecule has 0 unspecified atom stereocenters. The van der Waals surface area contributed by atoms with Crippen LogP contribution in [0.4, 0.5) is 10.3 Å². The summed E-state index contributed by atoms with van der Waals surface area (Å²) in [5.74, 6) is -7.00. The highest BCUT2D eigenvalue weighted by Gasteiger charge is 2.61. The second-order valence-corrected chi connectivity index (χ2v) is 22.2. The fraction of sp³-hybridized carbons (Fsp3) is 0.391. The number of nitrogens with one attached hydrogen (secondary N) is 2. The highest BCUT2D eigenvalue weighted by atomic mass is 32.3. The summed E-state index contributed by atoms with van der Waals surface area (Å²) in [6, 6.07) is -3.09. The van der Waals surface area contributed by atoms with Crippen molar-refractivity contribution in [2.24, 2.45) is 21.8 Å². The molecule has 0 aromatic carbocycles. The fourth-order valence-corrected chi connectivity index (χ4v) is 9.81. The molecule has 85 heavy (non-hydrogen) atoms. The SMILES string of the molecule is CC1(C)[C@H](NC(=O)/C(=N\O[C@@H](COc2cnc(-n3cc[n+](CCCN)c3)nc2)C(=O)O)c2csc(N)n2)C(=O)N1OS(=O)(=O)ON1C(=O)[C@@H](NC(=O)/C(=N\O[C@@H](COc2cnc(-n3cc[n+](CCCN)c3)nc2)C(=O)O)c2csc(N)n2)C1(C)C. The molecule has 0 aliphatic carbocycles. The predicted molar refractivity (Wildman–Crippen MR) is 289 cm³/mol. The van der Waals surface area contributed by atoms with E-state index < -0.39 is 106 Å². The maximum atomic E-state index is 13.8. The number of carboxylic acid groups (broad SMARTS) is 2. The van der Waals surface area contributed by atoms with Crippen molar-refractivity contribution in [3.8, 4) is 23.4 Å². The van der Waals surface area contributed by atoms with Crippen LogP contribution in [0.15, 0.2) is 83.3 Å². The first-order valence-electron chi connectivity index (χ1n) is 25.1. The number of carboxylic acids is 2. The summed E-state index contributed by atoms with van der Waals surface area (Å²) in [7, 11) is -5.37. The van der Waals surface area contributed by atoms with Crippen LogP contribution in [0.5, 0.6) is 11.5 Å². The van der Waals surface area contributed by atoms with Crippen LogP contribution in [-0.4, -0.2) is 176 Å². The van der Waals surface area contributed by atoms with Gasteiger partial charge in [0.1, 0.15) is 61.5 Å². The summed E-state index contributed by atoms with van der Waals surface area (Å²) in [4.78, 5) is 115. The number of hydroxylamine groups is 4. The maximum Gasteiger partial charge on any atom is 0.442 e. The third-order valence-corrected chi connectivity index (χ3v) is 14.4. The molecule has 6 aromatic heterocycles. The Morgan fingerprint density at radius 3 is 1.38 bits per heavy atom. The van der Waals surface area contributed by atoms with Crippen molar-refractivity contribution < 1.29 is 84.2 Å². The molecule has 39 heteroatoms. The molecule has 12 N–H and O–H groups in total. The zero-order chi connectivity index (χ0) is 61.4. The molecule has 8 rings (SSSR count). The molecule has 0 saturated carbocycles. The second-order valence-electron chi connectivity index (χ2n) is 19.3. The van der Waals surface area contributed by atoms with Crippen molar-refractivity contribution in [1.29, 1.82) is 0 Å². The normalized spacial score (nSPS) is 17.3. The smallest absolute Gasteiger partial charge is 0.442 e. The molecule has 452 valence electrons. The first-order chi connectivity index (χ1) is 40.4. The van der Waals surface area contributed by atoms with Gasteiger partial charge in [-0.05, 0) is 53.6 Å². The van der Waals surface area contributed by atoms with Gasteiger partial charge in [-0.1, -0.05) is 10.3 Å². The highest BCUT2D eigenvalue weighted by molar-refractivity contribution is 7.81. The number of nitrogens with two attached hydrogens (primary N) is 4. The predicted octanol–water partition coefficient (Wildman–Crippen LogP) is -3.28. The van der Waals surface area contributed by atoms with Gasteiger partial charge >= 0.3 is 34.2 Å². The lowest BCUT2D eigenvalue weighted by Gasteiger charge is -2.52. The number of nitrogens with zero attached hydrogens (tertiary/aromatic N) is 14. The number of thiazole rings is 2. The molecule has 8 heterocycles. The van der Waals surface area contributed by atoms with Gasteiger partial charge in [-0.2, -0.15) is 47.6 Å². The first kappa shape index (κ1) is 61.7. The lowest BCUT2D eigenvalue weighted by molar-refractivity contribution is -0.696. The zero-order valence-corrected chi connectivity index (χ0v) is 47.7. The Balaban J connectivity index is 0.858. The van der Waals surface area contributed by atoms with Gasteiger partial charge in [0.2, 0.25) is 0 Å². The van der Waals surface area contributed by atoms with E-state index in [4.69, 9.17) is 50.7 Å². The topological polar surface area (TPSA) is 487 Å². The molecule has 4 amide bonds. The fourth-order valence-electron chi connectivity index (χ4n) is 7.79. The van der Waals surface area contributed by atoms with Crippen molar-refractivity contribution in [2.45, 2.75) is 89.0 Å². The molecular formula is C46H56N20O16S3+2. The standard InChI is InChI=1S/C46H54N20O16S3/c1-45(2)33(57-35(67)31(27-21-83-41(49)55-27)59-79-29(39(71)72)19-77-25-15-51-43(52-16-25)63-13-11-61(23-63)9-5-7-47)37(69)65(45)81-85(75,76)82-66-38(70)34(46(66,3)4)58-36(68)32(28-22-84-42(50)56-28)60-80-30(40(73)74)20-78-26-17-53-44(54-18-26)64-14-12-62(24-64)10-6-8-48/h11-18,21-24,29-30,33-34H,5-10,19-20,47-48H2,1-4H3,(H6-2,49,50,55,56,57,58,67,68,71,72,73,74)/p+2/b59-31-,60-32-/t29-,30-,33+,34+/m0/s1. The summed E-state index contributed by atoms with van der Waals surface area (Å²) in [6.45, 7) is 6.27. The average Bonchev–Trinajstić information content (AvgIpc) is 2.37. The number of oxime groups is 2. The molecule has 2 fully saturated rings. The minimum absolute atomic E-state index is 0.0277. The van der Waals surface area contributed by atoms with Crippen molar-refractivity contribution >= 4 is 90.3 Å². The van der Waals surface area contributed by atoms with E-state index >= 15 is 0 Å². The van der Waals surface area contributed by atoms with Crippen LogP contribution >= 0.6 is 22.7 Å². The number of nitrogen functional groups attached to an aromatic ring is 2. The van der Waals surface area contributed by atoms with Gasteiger partial charge in [-0.25, -0.2) is 28.7 Å². The van der Waals surface area contributed by atoms with E-state index in [0.717, 1.165) is 35.5 Å². The van der Waals surface area contributed by atoms with Gasteiger partial charge in [-0.15, -0.1) is 31.2 Å². The van der Waals surface area contributed by atoms with Crippen LogP contribution in [0, 0.1) is 0 Å². The summed E-state index contributed by atoms with van der Waals surface area (Å²) >= 11 is 1.78. The number of carbonyl (C=O) groups is 6. The van der Waals surface area contributed by atoms with E-state index in [1.54, 1.807) is 34.2 Å². The quantitative estimate of drug-likeness (QED) is 0.00949. The molecule has 0 spiro atoms. The number of aryl methyl sites for hydroxylation is 2. The summed E-state index contributed by atoms with van der Waals surface area (Å²) in [5, 5.41) is 35.4. The number of rotatable bonds is 30. The minimum Gasteiger partial charge on any atom is -0.486 e. The highest BCUT2D eigenvalue weighted by Crippen LogP contribution is 2.37. The third kappa shape index (κ3) is 14.5.